The fraction of sp³-hybridized carbons (Fsp3) is 0.250. The number of benzene rings is 3. The van der Waals surface area contributed by atoms with Gasteiger partial charge in [-0.15, -0.1) is 0 Å². The Morgan fingerprint density at radius 3 is 2.27 bits per heavy atom. The third-order valence-electron chi connectivity index (χ3n) is 6.04. The van der Waals surface area contributed by atoms with Crippen LogP contribution in [0.1, 0.15) is 45.5 Å². The van der Waals surface area contributed by atoms with Gasteiger partial charge in [0.2, 0.25) is 0 Å². The zero-order valence-electron chi connectivity index (χ0n) is 18.3. The van der Waals surface area contributed by atoms with E-state index in [1.165, 1.54) is 23.3 Å². The minimum Gasteiger partial charge on any atom is -0.299 e. The number of rotatable bonds is 7. The van der Waals surface area contributed by atoms with Crippen molar-refractivity contribution in [2.75, 3.05) is 19.6 Å². The zero-order chi connectivity index (χ0) is 23.3. The zero-order valence-corrected chi connectivity index (χ0v) is 18.3. The lowest BCUT2D eigenvalue weighted by Crippen LogP contribution is -2.30. The Labute approximate surface area is 192 Å². The number of hydrogen-bond donors (Lipinski definition) is 0. The Bertz CT molecular complexity index is 1120. The fourth-order valence-electron chi connectivity index (χ4n) is 4.12. The van der Waals surface area contributed by atoms with Gasteiger partial charge in [0.25, 0.3) is 0 Å². The summed E-state index contributed by atoms with van der Waals surface area (Å²) in [5.74, 6) is 0.105. The maximum Gasteiger partial charge on any atom is 0.416 e. The highest BCUT2D eigenvalue weighted by Crippen LogP contribution is 2.32. The van der Waals surface area contributed by atoms with Gasteiger partial charge < -0.3 is 0 Å². The lowest BCUT2D eigenvalue weighted by atomic mass is 9.97. The van der Waals surface area contributed by atoms with Crippen LogP contribution in [0.15, 0.2) is 84.9 Å². The van der Waals surface area contributed by atoms with Crippen LogP contribution in [0.3, 0.4) is 0 Å². The van der Waals surface area contributed by atoms with Crippen molar-refractivity contribution in [3.8, 4) is 0 Å². The molecule has 0 spiro atoms. The van der Waals surface area contributed by atoms with Crippen LogP contribution in [0.2, 0.25) is 0 Å². The molecule has 3 aromatic rings. The van der Waals surface area contributed by atoms with Crippen molar-refractivity contribution >= 4 is 11.4 Å². The molecule has 0 amide bonds. The number of carbonyl (C=O) groups is 1. The quantitative estimate of drug-likeness (QED) is 0.376. The monoisotopic (exact) mass is 449 g/mol. The molecule has 3 aromatic carbocycles. The number of halogens is 3. The summed E-state index contributed by atoms with van der Waals surface area (Å²) in [7, 11) is 0. The van der Waals surface area contributed by atoms with Crippen LogP contribution in [-0.4, -0.2) is 30.3 Å². The van der Waals surface area contributed by atoms with E-state index < -0.39 is 11.7 Å². The van der Waals surface area contributed by atoms with E-state index in [0.29, 0.717) is 37.1 Å². The second-order valence-corrected chi connectivity index (χ2v) is 8.39. The summed E-state index contributed by atoms with van der Waals surface area (Å²) in [5.41, 5.74) is 4.04. The Balaban J connectivity index is 1.29. The van der Waals surface area contributed by atoms with E-state index in [1.54, 1.807) is 6.07 Å². The van der Waals surface area contributed by atoms with Crippen molar-refractivity contribution in [2.45, 2.75) is 25.4 Å². The number of hydrogen-bond acceptors (Lipinski definition) is 2. The Morgan fingerprint density at radius 1 is 0.879 bits per heavy atom. The molecule has 0 unspecified atom stereocenters. The number of Topliss-reactive ketones (excluding diaryl/α,β-unsaturated/α-hetero) is 1. The molecule has 0 saturated heterocycles. The first-order chi connectivity index (χ1) is 15.9. The minimum absolute atomic E-state index is 0.105. The average Bonchev–Trinajstić information content (AvgIpc) is 2.83. The van der Waals surface area contributed by atoms with Gasteiger partial charge in [-0.05, 0) is 47.2 Å². The van der Waals surface area contributed by atoms with Crippen LogP contribution in [0.25, 0.3) is 5.57 Å². The van der Waals surface area contributed by atoms with Gasteiger partial charge >= 0.3 is 6.18 Å². The molecule has 4 rings (SSSR count). The van der Waals surface area contributed by atoms with E-state index in [1.807, 2.05) is 48.5 Å². The molecule has 0 fully saturated rings. The van der Waals surface area contributed by atoms with Crippen molar-refractivity contribution in [3.05, 3.63) is 113 Å². The molecule has 0 radical (unpaired) electrons. The van der Waals surface area contributed by atoms with Gasteiger partial charge in [0.05, 0.1) is 5.56 Å². The lowest BCUT2D eigenvalue weighted by molar-refractivity contribution is -0.137. The van der Waals surface area contributed by atoms with Gasteiger partial charge in [-0.1, -0.05) is 72.8 Å². The minimum atomic E-state index is -4.34. The van der Waals surface area contributed by atoms with E-state index >= 15 is 0 Å². The predicted molar refractivity (Wildman–Crippen MR) is 125 cm³/mol. The first kappa shape index (κ1) is 23.0. The van der Waals surface area contributed by atoms with Crippen molar-refractivity contribution in [1.29, 1.82) is 0 Å². The molecule has 1 aliphatic heterocycles. The maximum absolute atomic E-state index is 13.0. The maximum atomic E-state index is 13.0. The topological polar surface area (TPSA) is 20.3 Å². The molecule has 0 aliphatic carbocycles. The molecule has 0 N–H and O–H groups in total. The molecule has 1 heterocycles. The van der Waals surface area contributed by atoms with Crippen LogP contribution in [-0.2, 0) is 12.6 Å². The van der Waals surface area contributed by atoms with E-state index in [-0.39, 0.29) is 5.78 Å². The van der Waals surface area contributed by atoms with Crippen LogP contribution < -0.4 is 0 Å². The van der Waals surface area contributed by atoms with Crippen LogP contribution in [0.5, 0.6) is 0 Å². The second kappa shape index (κ2) is 10.2. The Morgan fingerprint density at radius 2 is 1.61 bits per heavy atom. The second-order valence-electron chi connectivity index (χ2n) is 8.39. The molecular weight excluding hydrogens is 423 g/mol. The highest BCUT2D eigenvalue weighted by Gasteiger charge is 2.30. The molecule has 5 heteroatoms. The van der Waals surface area contributed by atoms with Crippen molar-refractivity contribution in [2.24, 2.45) is 0 Å². The predicted octanol–water partition coefficient (Wildman–Crippen LogP) is 6.66. The Hall–Kier alpha value is -3.18. The van der Waals surface area contributed by atoms with Gasteiger partial charge in [-0.2, -0.15) is 13.2 Å². The number of alkyl halides is 3. The summed E-state index contributed by atoms with van der Waals surface area (Å²) in [6.07, 6.45) is -0.433. The van der Waals surface area contributed by atoms with E-state index in [9.17, 15) is 18.0 Å². The van der Waals surface area contributed by atoms with Gasteiger partial charge in [-0.25, -0.2) is 0 Å². The van der Waals surface area contributed by atoms with Crippen molar-refractivity contribution < 1.29 is 18.0 Å². The molecule has 170 valence electrons. The fourth-order valence-corrected chi connectivity index (χ4v) is 4.12. The van der Waals surface area contributed by atoms with Gasteiger partial charge in [0.15, 0.2) is 5.78 Å². The third-order valence-corrected chi connectivity index (χ3v) is 6.04. The van der Waals surface area contributed by atoms with Crippen LogP contribution in [0, 0.1) is 0 Å². The van der Waals surface area contributed by atoms with E-state index in [0.717, 1.165) is 24.6 Å². The van der Waals surface area contributed by atoms with Crippen molar-refractivity contribution in [1.82, 2.24) is 4.90 Å². The molecule has 0 saturated carbocycles. The van der Waals surface area contributed by atoms with E-state index in [4.69, 9.17) is 0 Å². The first-order valence-electron chi connectivity index (χ1n) is 11.1. The Kier molecular flexibility index (Phi) is 7.09. The number of nitrogens with zero attached hydrogens (tertiary/aromatic N) is 1. The molecule has 0 bridgehead atoms. The molecule has 1 aliphatic rings. The summed E-state index contributed by atoms with van der Waals surface area (Å²) in [6, 6.07) is 23.5. The van der Waals surface area contributed by atoms with Gasteiger partial charge in [0, 0.05) is 31.6 Å². The average molecular weight is 450 g/mol. The third kappa shape index (κ3) is 6.20. The van der Waals surface area contributed by atoms with E-state index in [2.05, 4.69) is 17.0 Å². The summed E-state index contributed by atoms with van der Waals surface area (Å²) in [5, 5.41) is 0. The van der Waals surface area contributed by atoms with Gasteiger partial charge in [-0.3, -0.25) is 9.69 Å². The molecule has 0 aromatic heterocycles. The highest BCUT2D eigenvalue weighted by atomic mass is 19.4. The standard InChI is InChI=1S/C28H26F3NO/c29-28(30,31)26-8-4-7-25(20-26)23-13-16-32(17-14-23)18-15-27(33)24-11-9-22(10-12-24)19-21-5-2-1-3-6-21/h1-13,20H,14-19H2. The largest absolute Gasteiger partial charge is 0.416 e. The van der Waals surface area contributed by atoms with Gasteiger partial charge in [0.1, 0.15) is 0 Å². The summed E-state index contributed by atoms with van der Waals surface area (Å²) in [6.45, 7) is 2.00. The van der Waals surface area contributed by atoms with Crippen LogP contribution in [0.4, 0.5) is 13.2 Å². The van der Waals surface area contributed by atoms with Crippen LogP contribution >= 0.6 is 0 Å². The molecule has 0 atom stereocenters. The number of carbonyl (C=O) groups excluding carboxylic acids is 1. The number of ketones is 1. The highest BCUT2D eigenvalue weighted by molar-refractivity contribution is 5.96. The molecule has 2 nitrogen and oxygen atoms in total. The SMILES string of the molecule is O=C(CCN1CC=C(c2cccc(C(F)(F)F)c2)CC1)c1ccc(Cc2ccccc2)cc1. The summed E-state index contributed by atoms with van der Waals surface area (Å²) >= 11 is 0. The molecular formula is C28H26F3NO. The first-order valence-corrected chi connectivity index (χ1v) is 11.1. The smallest absolute Gasteiger partial charge is 0.299 e. The normalized spacial score (nSPS) is 14.7. The summed E-state index contributed by atoms with van der Waals surface area (Å²) < 4.78 is 38.9. The van der Waals surface area contributed by atoms with Crippen molar-refractivity contribution in [3.63, 3.8) is 0 Å². The summed E-state index contributed by atoms with van der Waals surface area (Å²) in [4.78, 5) is 14.8. The molecule has 33 heavy (non-hydrogen) atoms. The lowest BCUT2D eigenvalue weighted by Gasteiger charge is -2.26.